The van der Waals surface area contributed by atoms with E-state index in [1.807, 2.05) is 25.1 Å². The van der Waals surface area contributed by atoms with Gasteiger partial charge in [-0.1, -0.05) is 30.7 Å². The van der Waals surface area contributed by atoms with Crippen molar-refractivity contribution in [2.75, 3.05) is 11.9 Å². The second-order valence-corrected chi connectivity index (χ2v) is 7.31. The number of nitrogens with one attached hydrogen (secondary N) is 1. The van der Waals surface area contributed by atoms with Crippen molar-refractivity contribution in [3.8, 4) is 0 Å². The number of carbonyl (C=O) groups excluding carboxylic acids is 2. The zero-order chi connectivity index (χ0) is 19.3. The number of amides is 1. The van der Waals surface area contributed by atoms with E-state index in [0.717, 1.165) is 18.1 Å². The Balaban J connectivity index is 2.01. The molecule has 2 aromatic carbocycles. The zero-order valence-electron chi connectivity index (χ0n) is 13.9. The SMILES string of the molecule is CCc1cccc(NC(=O)COC(=O)c2ccc(Cl)c(S(N)(=O)=O)c2)c1. The molecule has 0 fully saturated rings. The summed E-state index contributed by atoms with van der Waals surface area (Å²) in [7, 11) is -4.09. The summed E-state index contributed by atoms with van der Waals surface area (Å²) < 4.78 is 27.8. The molecule has 0 spiro atoms. The van der Waals surface area contributed by atoms with Gasteiger partial charge < -0.3 is 10.1 Å². The van der Waals surface area contributed by atoms with E-state index < -0.39 is 33.4 Å². The van der Waals surface area contributed by atoms with Gasteiger partial charge in [0.15, 0.2) is 6.61 Å². The minimum atomic E-state index is -4.09. The lowest BCUT2D eigenvalue weighted by Gasteiger charge is -2.09. The average Bonchev–Trinajstić information content (AvgIpc) is 2.59. The third-order valence-electron chi connectivity index (χ3n) is 3.43. The van der Waals surface area contributed by atoms with Crippen LogP contribution in [0.25, 0.3) is 0 Å². The monoisotopic (exact) mass is 396 g/mol. The van der Waals surface area contributed by atoms with Gasteiger partial charge in [-0.15, -0.1) is 0 Å². The highest BCUT2D eigenvalue weighted by Crippen LogP contribution is 2.22. The Kier molecular flexibility index (Phi) is 6.36. The number of nitrogens with two attached hydrogens (primary N) is 1. The Morgan fingerprint density at radius 2 is 1.92 bits per heavy atom. The Labute approximate surface area is 156 Å². The first-order valence-corrected chi connectivity index (χ1v) is 9.51. The van der Waals surface area contributed by atoms with Crippen molar-refractivity contribution in [1.29, 1.82) is 0 Å². The lowest BCUT2D eigenvalue weighted by Crippen LogP contribution is -2.21. The van der Waals surface area contributed by atoms with Crippen molar-refractivity contribution >= 4 is 39.2 Å². The van der Waals surface area contributed by atoms with Crippen LogP contribution in [0, 0.1) is 0 Å². The highest BCUT2D eigenvalue weighted by molar-refractivity contribution is 7.89. The Morgan fingerprint density at radius 1 is 1.19 bits per heavy atom. The standard InChI is InChI=1S/C17H17ClN2O5S/c1-2-11-4-3-5-13(8-11)20-16(21)10-25-17(22)12-6-7-14(18)15(9-12)26(19,23)24/h3-9H,2,10H2,1H3,(H,20,21)(H2,19,23,24). The van der Waals surface area contributed by atoms with E-state index in [0.29, 0.717) is 5.69 Å². The number of aryl methyl sites for hydroxylation is 1. The Morgan fingerprint density at radius 3 is 2.58 bits per heavy atom. The third-order valence-corrected chi connectivity index (χ3v) is 4.82. The van der Waals surface area contributed by atoms with Gasteiger partial charge in [-0.05, 0) is 42.3 Å². The molecular weight excluding hydrogens is 380 g/mol. The lowest BCUT2D eigenvalue weighted by molar-refractivity contribution is -0.119. The summed E-state index contributed by atoms with van der Waals surface area (Å²) in [6.45, 7) is 1.47. The number of benzene rings is 2. The fourth-order valence-corrected chi connectivity index (χ4v) is 3.20. The molecule has 0 aliphatic rings. The Hall–Kier alpha value is -2.42. The van der Waals surface area contributed by atoms with E-state index in [2.05, 4.69) is 5.32 Å². The van der Waals surface area contributed by atoms with Crippen molar-refractivity contribution < 1.29 is 22.7 Å². The number of hydrogen-bond acceptors (Lipinski definition) is 5. The summed E-state index contributed by atoms with van der Waals surface area (Å²) in [6, 6.07) is 10.8. The van der Waals surface area contributed by atoms with Gasteiger partial charge in [-0.3, -0.25) is 4.79 Å². The van der Waals surface area contributed by atoms with Gasteiger partial charge in [0, 0.05) is 5.69 Å². The molecule has 26 heavy (non-hydrogen) atoms. The second-order valence-electron chi connectivity index (χ2n) is 5.37. The molecule has 2 aromatic rings. The highest BCUT2D eigenvalue weighted by atomic mass is 35.5. The van der Waals surface area contributed by atoms with Crippen LogP contribution >= 0.6 is 11.6 Å². The molecular formula is C17H17ClN2O5S. The first-order chi connectivity index (χ1) is 12.2. The lowest BCUT2D eigenvalue weighted by atomic mass is 10.1. The van der Waals surface area contributed by atoms with E-state index in [1.165, 1.54) is 12.1 Å². The van der Waals surface area contributed by atoms with E-state index >= 15 is 0 Å². The molecule has 1 amide bonds. The largest absolute Gasteiger partial charge is 0.452 e. The van der Waals surface area contributed by atoms with E-state index in [9.17, 15) is 18.0 Å². The van der Waals surface area contributed by atoms with Crippen molar-refractivity contribution in [1.82, 2.24) is 0 Å². The van der Waals surface area contributed by atoms with Gasteiger partial charge in [0.05, 0.1) is 10.6 Å². The van der Waals surface area contributed by atoms with Crippen LogP contribution in [0.2, 0.25) is 5.02 Å². The van der Waals surface area contributed by atoms with Crippen molar-refractivity contribution in [3.63, 3.8) is 0 Å². The molecule has 9 heteroatoms. The smallest absolute Gasteiger partial charge is 0.338 e. The number of rotatable bonds is 6. The maximum Gasteiger partial charge on any atom is 0.338 e. The van der Waals surface area contributed by atoms with Crippen LogP contribution in [0.15, 0.2) is 47.4 Å². The first-order valence-electron chi connectivity index (χ1n) is 7.59. The molecule has 0 bridgehead atoms. The van der Waals surface area contributed by atoms with Crippen LogP contribution in [-0.4, -0.2) is 26.9 Å². The highest BCUT2D eigenvalue weighted by Gasteiger charge is 2.18. The van der Waals surface area contributed by atoms with E-state index in [1.54, 1.807) is 6.07 Å². The van der Waals surface area contributed by atoms with E-state index in [-0.39, 0.29) is 10.6 Å². The van der Waals surface area contributed by atoms with Crippen molar-refractivity contribution in [2.45, 2.75) is 18.2 Å². The number of carbonyl (C=O) groups is 2. The minimum Gasteiger partial charge on any atom is -0.452 e. The molecule has 0 unspecified atom stereocenters. The van der Waals surface area contributed by atoms with Gasteiger partial charge in [-0.25, -0.2) is 18.4 Å². The topological polar surface area (TPSA) is 116 Å². The minimum absolute atomic E-state index is 0.0841. The number of esters is 1. The summed E-state index contributed by atoms with van der Waals surface area (Å²) in [5.74, 6) is -1.39. The number of primary sulfonamides is 1. The van der Waals surface area contributed by atoms with Gasteiger partial charge in [-0.2, -0.15) is 0 Å². The number of sulfonamides is 1. The second kappa shape index (κ2) is 8.31. The molecule has 0 aromatic heterocycles. The summed E-state index contributed by atoms with van der Waals surface area (Å²) >= 11 is 5.75. The van der Waals surface area contributed by atoms with Crippen LogP contribution in [0.4, 0.5) is 5.69 Å². The predicted octanol–water partition coefficient (Wildman–Crippen LogP) is 2.35. The molecule has 3 N–H and O–H groups in total. The summed E-state index contributed by atoms with van der Waals surface area (Å²) in [4.78, 5) is 23.5. The fraction of sp³-hybridized carbons (Fsp3) is 0.176. The molecule has 0 atom stereocenters. The Bertz CT molecular complexity index is 944. The number of halogens is 1. The zero-order valence-corrected chi connectivity index (χ0v) is 15.4. The number of hydrogen-bond donors (Lipinski definition) is 2. The number of anilines is 1. The molecule has 0 heterocycles. The molecule has 7 nitrogen and oxygen atoms in total. The van der Waals surface area contributed by atoms with Gasteiger partial charge in [0.2, 0.25) is 10.0 Å². The third kappa shape index (κ3) is 5.29. The van der Waals surface area contributed by atoms with Crippen LogP contribution in [0.1, 0.15) is 22.8 Å². The van der Waals surface area contributed by atoms with Crippen LogP contribution < -0.4 is 10.5 Å². The summed E-state index contributed by atoms with van der Waals surface area (Å²) in [5.41, 5.74) is 1.56. The van der Waals surface area contributed by atoms with Gasteiger partial charge in [0.1, 0.15) is 4.90 Å². The predicted molar refractivity (Wildman–Crippen MR) is 97.6 cm³/mol. The molecule has 0 aliphatic carbocycles. The molecule has 2 rings (SSSR count). The fourth-order valence-electron chi connectivity index (χ4n) is 2.13. The summed E-state index contributed by atoms with van der Waals surface area (Å²) in [6.07, 6.45) is 0.821. The van der Waals surface area contributed by atoms with Crippen LogP contribution in [0.3, 0.4) is 0 Å². The quantitative estimate of drug-likeness (QED) is 0.727. The first kappa shape index (κ1) is 19.9. The summed E-state index contributed by atoms with van der Waals surface area (Å²) in [5, 5.41) is 7.53. The van der Waals surface area contributed by atoms with E-state index in [4.69, 9.17) is 21.5 Å². The molecule has 0 radical (unpaired) electrons. The molecule has 138 valence electrons. The van der Waals surface area contributed by atoms with Gasteiger partial charge in [0.25, 0.3) is 5.91 Å². The molecule has 0 aliphatic heterocycles. The van der Waals surface area contributed by atoms with Crippen molar-refractivity contribution in [2.24, 2.45) is 5.14 Å². The van der Waals surface area contributed by atoms with Gasteiger partial charge >= 0.3 is 5.97 Å². The average molecular weight is 397 g/mol. The maximum atomic E-state index is 12.0. The normalized spacial score (nSPS) is 11.0. The number of ether oxygens (including phenoxy) is 1. The van der Waals surface area contributed by atoms with Crippen LogP contribution in [-0.2, 0) is 26.0 Å². The molecule has 0 saturated carbocycles. The van der Waals surface area contributed by atoms with Crippen molar-refractivity contribution in [3.05, 3.63) is 58.6 Å². The maximum absolute atomic E-state index is 12.0. The van der Waals surface area contributed by atoms with Crippen LogP contribution in [0.5, 0.6) is 0 Å². The molecule has 0 saturated heterocycles.